The molecule has 1 heterocycles. The molecule has 102 valence electrons. The second-order valence-electron chi connectivity index (χ2n) is 5.14. The molecule has 1 amide bonds. The van der Waals surface area contributed by atoms with Gasteiger partial charge in [-0.15, -0.1) is 11.8 Å². The van der Waals surface area contributed by atoms with Crippen molar-refractivity contribution in [2.24, 2.45) is 0 Å². The Kier molecular flexibility index (Phi) is 3.85. The topological polar surface area (TPSA) is 57.6 Å². The molecule has 1 unspecified atom stereocenters. The van der Waals surface area contributed by atoms with Gasteiger partial charge in [-0.2, -0.15) is 0 Å². The van der Waals surface area contributed by atoms with Gasteiger partial charge in [0.1, 0.15) is 12.3 Å². The van der Waals surface area contributed by atoms with E-state index in [4.69, 9.17) is 0 Å². The number of carbonyl (C=O) groups excluding carboxylic acids is 1. The maximum absolute atomic E-state index is 11.4. The third kappa shape index (κ3) is 2.76. The van der Waals surface area contributed by atoms with E-state index in [2.05, 4.69) is 0 Å². The zero-order chi connectivity index (χ0) is 14.0. The number of amides is 1. The average Bonchev–Trinajstić information content (AvgIpc) is 2.60. The maximum Gasteiger partial charge on any atom is 0.408 e. The Balaban J connectivity index is 2.24. The lowest BCUT2D eigenvalue weighted by Crippen LogP contribution is -2.46. The summed E-state index contributed by atoms with van der Waals surface area (Å²) in [5.41, 5.74) is 1.08. The van der Waals surface area contributed by atoms with Crippen LogP contribution in [0.5, 0.6) is 0 Å². The number of carboxylic acid groups (broad SMARTS) is 1. The predicted octanol–water partition coefficient (Wildman–Crippen LogP) is 2.63. The predicted molar refractivity (Wildman–Crippen MR) is 75.3 cm³/mol. The van der Waals surface area contributed by atoms with Crippen molar-refractivity contribution in [2.75, 3.05) is 0 Å². The zero-order valence-corrected chi connectivity index (χ0v) is 11.8. The molecule has 1 saturated heterocycles. The Morgan fingerprint density at radius 2 is 2.05 bits per heavy atom. The van der Waals surface area contributed by atoms with Gasteiger partial charge in [-0.25, -0.2) is 4.79 Å². The summed E-state index contributed by atoms with van der Waals surface area (Å²) < 4.78 is -0.389. The van der Waals surface area contributed by atoms with Gasteiger partial charge < -0.3 is 9.90 Å². The van der Waals surface area contributed by atoms with Crippen LogP contribution in [0.2, 0.25) is 0 Å². The summed E-state index contributed by atoms with van der Waals surface area (Å²) in [6.45, 7) is 3.83. The van der Waals surface area contributed by atoms with E-state index in [9.17, 15) is 14.7 Å². The molecule has 2 rings (SSSR count). The first-order valence-corrected chi connectivity index (χ1v) is 7.02. The molecule has 1 N–H and O–H groups in total. The molecule has 1 aromatic rings. The Bertz CT molecular complexity index is 475. The van der Waals surface area contributed by atoms with Gasteiger partial charge in [0.05, 0.1) is 5.37 Å². The Morgan fingerprint density at radius 3 is 2.58 bits per heavy atom. The molecular formula is C14H17NO3S. The summed E-state index contributed by atoms with van der Waals surface area (Å²) in [7, 11) is 0. The number of rotatable bonds is 3. The van der Waals surface area contributed by atoms with Gasteiger partial charge in [-0.1, -0.05) is 30.3 Å². The van der Waals surface area contributed by atoms with E-state index < -0.39 is 12.1 Å². The minimum atomic E-state index is -1.03. The highest BCUT2D eigenvalue weighted by Crippen LogP contribution is 2.44. The molecule has 1 fully saturated rings. The first-order valence-electron chi connectivity index (χ1n) is 6.14. The van der Waals surface area contributed by atoms with Crippen LogP contribution in [-0.2, 0) is 11.2 Å². The minimum absolute atomic E-state index is 0.218. The van der Waals surface area contributed by atoms with Gasteiger partial charge in [-0.05, 0) is 19.4 Å². The number of nitrogens with zero attached hydrogens (tertiary/aromatic N) is 1. The highest BCUT2D eigenvalue weighted by Gasteiger charge is 2.49. The summed E-state index contributed by atoms with van der Waals surface area (Å²) in [6, 6.07) is 9.15. The fourth-order valence-corrected chi connectivity index (χ4v) is 4.04. The van der Waals surface area contributed by atoms with Gasteiger partial charge in [0.2, 0.25) is 0 Å². The smallest absolute Gasteiger partial charge is 0.408 e. The molecule has 0 saturated carbocycles. The third-order valence-corrected chi connectivity index (χ3v) is 4.88. The molecule has 1 aliphatic heterocycles. The van der Waals surface area contributed by atoms with E-state index in [0.717, 1.165) is 11.8 Å². The first-order chi connectivity index (χ1) is 8.95. The molecule has 0 bridgehead atoms. The zero-order valence-electron chi connectivity index (χ0n) is 10.9. The molecular weight excluding hydrogens is 262 g/mol. The molecule has 0 aliphatic carbocycles. The normalized spacial score (nSPS) is 25.3. The lowest BCUT2D eigenvalue weighted by molar-refractivity contribution is -0.112. The first kappa shape index (κ1) is 13.9. The molecule has 0 aromatic heterocycles. The summed E-state index contributed by atoms with van der Waals surface area (Å²) in [5.74, 6) is 0. The van der Waals surface area contributed by atoms with Crippen molar-refractivity contribution in [3.05, 3.63) is 35.9 Å². The SMILES string of the molecule is CC1(C)SC(Cc2ccccc2)N(C(=O)O)[C@H]1C=O. The van der Waals surface area contributed by atoms with Crippen molar-refractivity contribution >= 4 is 24.1 Å². The van der Waals surface area contributed by atoms with Crippen molar-refractivity contribution in [1.82, 2.24) is 4.90 Å². The Hall–Kier alpha value is -1.49. The Morgan fingerprint density at radius 1 is 1.42 bits per heavy atom. The lowest BCUT2D eigenvalue weighted by Gasteiger charge is -2.26. The van der Waals surface area contributed by atoms with E-state index in [1.165, 1.54) is 4.90 Å². The largest absolute Gasteiger partial charge is 0.465 e. The second-order valence-corrected chi connectivity index (χ2v) is 6.97. The van der Waals surface area contributed by atoms with Crippen molar-refractivity contribution in [1.29, 1.82) is 0 Å². The van der Waals surface area contributed by atoms with Gasteiger partial charge in [0.15, 0.2) is 0 Å². The molecule has 4 nitrogen and oxygen atoms in total. The van der Waals surface area contributed by atoms with Crippen molar-refractivity contribution in [3.63, 3.8) is 0 Å². The van der Waals surface area contributed by atoms with Crippen LogP contribution in [0.3, 0.4) is 0 Å². The number of benzene rings is 1. The van der Waals surface area contributed by atoms with Crippen LogP contribution < -0.4 is 0 Å². The van der Waals surface area contributed by atoms with Gasteiger partial charge >= 0.3 is 6.09 Å². The maximum atomic E-state index is 11.4. The fourth-order valence-electron chi connectivity index (χ4n) is 2.42. The van der Waals surface area contributed by atoms with Crippen LogP contribution in [-0.4, -0.2) is 38.5 Å². The van der Waals surface area contributed by atoms with E-state index in [1.54, 1.807) is 11.8 Å². The van der Waals surface area contributed by atoms with Crippen LogP contribution >= 0.6 is 11.8 Å². The average molecular weight is 279 g/mol. The van der Waals surface area contributed by atoms with E-state index in [-0.39, 0.29) is 10.1 Å². The summed E-state index contributed by atoms with van der Waals surface area (Å²) in [6.07, 6.45) is 0.327. The molecule has 2 atom stereocenters. The van der Waals surface area contributed by atoms with Gasteiger partial charge in [0, 0.05) is 11.2 Å². The van der Waals surface area contributed by atoms with Crippen molar-refractivity contribution in [3.8, 4) is 0 Å². The molecule has 5 heteroatoms. The van der Waals surface area contributed by atoms with Crippen molar-refractivity contribution in [2.45, 2.75) is 36.4 Å². The summed E-state index contributed by atoms with van der Waals surface area (Å²) >= 11 is 1.55. The van der Waals surface area contributed by atoms with Crippen LogP contribution in [0.25, 0.3) is 0 Å². The van der Waals surface area contributed by atoms with Crippen molar-refractivity contribution < 1.29 is 14.7 Å². The summed E-state index contributed by atoms with van der Waals surface area (Å²) in [4.78, 5) is 23.9. The van der Waals surface area contributed by atoms with Crippen LogP contribution in [0.15, 0.2) is 30.3 Å². The third-order valence-electron chi connectivity index (χ3n) is 3.36. The molecule has 1 aliphatic rings. The van der Waals surface area contributed by atoms with Gasteiger partial charge in [0.25, 0.3) is 0 Å². The standard InChI is InChI=1S/C14H17NO3S/c1-14(2)11(9-16)15(13(17)18)12(19-14)8-10-6-4-3-5-7-10/h3-7,9,11-12H,8H2,1-2H3,(H,17,18)/t11-,12?/m0/s1. The van der Waals surface area contributed by atoms with Crippen LogP contribution in [0.4, 0.5) is 4.79 Å². The molecule has 0 radical (unpaired) electrons. The van der Waals surface area contributed by atoms with E-state index in [1.807, 2.05) is 44.2 Å². The Labute approximate surface area is 116 Å². The van der Waals surface area contributed by atoms with E-state index >= 15 is 0 Å². The number of thioether (sulfide) groups is 1. The fraction of sp³-hybridized carbons (Fsp3) is 0.429. The molecule has 0 spiro atoms. The highest BCUT2D eigenvalue weighted by molar-refractivity contribution is 8.01. The van der Waals surface area contributed by atoms with Crippen LogP contribution in [0.1, 0.15) is 19.4 Å². The summed E-state index contributed by atoms with van der Waals surface area (Å²) in [5, 5.41) is 9.13. The highest BCUT2D eigenvalue weighted by atomic mass is 32.2. The number of carbonyl (C=O) groups is 2. The molecule has 1 aromatic carbocycles. The minimum Gasteiger partial charge on any atom is -0.465 e. The second kappa shape index (κ2) is 5.25. The molecule has 19 heavy (non-hydrogen) atoms. The number of hydrogen-bond donors (Lipinski definition) is 1. The van der Waals surface area contributed by atoms with Gasteiger partial charge in [-0.3, -0.25) is 4.90 Å². The number of aldehydes is 1. The van der Waals surface area contributed by atoms with Crippen LogP contribution in [0, 0.1) is 0 Å². The lowest BCUT2D eigenvalue weighted by atomic mass is 10.0. The number of hydrogen-bond acceptors (Lipinski definition) is 3. The quantitative estimate of drug-likeness (QED) is 0.864. The van der Waals surface area contributed by atoms with E-state index in [0.29, 0.717) is 6.42 Å². The monoisotopic (exact) mass is 279 g/mol.